The van der Waals surface area contributed by atoms with Crippen LogP contribution >= 0.6 is 0 Å². The summed E-state index contributed by atoms with van der Waals surface area (Å²) in [4.78, 5) is 16.6. The number of ether oxygens (including phenoxy) is 2. The maximum atomic E-state index is 12.3. The quantitative estimate of drug-likeness (QED) is 0.777. The second-order valence-corrected chi connectivity index (χ2v) is 6.78. The predicted molar refractivity (Wildman–Crippen MR) is 105 cm³/mol. The largest absolute Gasteiger partial charge is 0.493 e. The lowest BCUT2D eigenvalue weighted by molar-refractivity contribution is 0.0946. The molecule has 0 spiro atoms. The fraction of sp³-hybridized carbons (Fsp3) is 0.429. The summed E-state index contributed by atoms with van der Waals surface area (Å²) in [5.41, 5.74) is 2.31. The molecule has 1 aromatic heterocycles. The zero-order valence-corrected chi connectivity index (χ0v) is 16.0. The smallest absolute Gasteiger partial charge is 0.270 e. The van der Waals surface area contributed by atoms with E-state index < -0.39 is 0 Å². The molecule has 1 aliphatic carbocycles. The summed E-state index contributed by atoms with van der Waals surface area (Å²) in [5.74, 6) is 1.10. The van der Waals surface area contributed by atoms with E-state index >= 15 is 0 Å². The number of benzene rings is 1. The van der Waals surface area contributed by atoms with Gasteiger partial charge in [0.15, 0.2) is 11.5 Å². The lowest BCUT2D eigenvalue weighted by Gasteiger charge is -2.23. The SMILES string of the molecule is COc1ccc(CNC(=O)c2ccc(NC3CCCCC3)cn2)cc1OC. The van der Waals surface area contributed by atoms with Crippen molar-refractivity contribution in [2.75, 3.05) is 19.5 Å². The molecule has 3 rings (SSSR count). The highest BCUT2D eigenvalue weighted by molar-refractivity contribution is 5.92. The minimum Gasteiger partial charge on any atom is -0.493 e. The van der Waals surface area contributed by atoms with E-state index in [0.29, 0.717) is 29.8 Å². The minimum atomic E-state index is -0.200. The Morgan fingerprint density at radius 3 is 2.52 bits per heavy atom. The molecule has 0 radical (unpaired) electrons. The van der Waals surface area contributed by atoms with Crippen molar-refractivity contribution in [1.82, 2.24) is 10.3 Å². The first-order chi connectivity index (χ1) is 13.2. The Labute approximate surface area is 160 Å². The van der Waals surface area contributed by atoms with Gasteiger partial charge in [-0.15, -0.1) is 0 Å². The second kappa shape index (κ2) is 9.26. The third-order valence-electron chi connectivity index (χ3n) is 4.87. The third kappa shape index (κ3) is 5.12. The monoisotopic (exact) mass is 369 g/mol. The van der Waals surface area contributed by atoms with Crippen molar-refractivity contribution < 1.29 is 14.3 Å². The van der Waals surface area contributed by atoms with Gasteiger partial charge < -0.3 is 20.1 Å². The van der Waals surface area contributed by atoms with Crippen LogP contribution in [0.3, 0.4) is 0 Å². The summed E-state index contributed by atoms with van der Waals surface area (Å²) >= 11 is 0. The van der Waals surface area contributed by atoms with Crippen LogP contribution in [-0.2, 0) is 6.54 Å². The molecular formula is C21H27N3O3. The zero-order chi connectivity index (χ0) is 19.1. The van der Waals surface area contributed by atoms with Gasteiger partial charge in [-0.05, 0) is 42.7 Å². The van der Waals surface area contributed by atoms with Crippen LogP contribution in [0.25, 0.3) is 0 Å². The Morgan fingerprint density at radius 2 is 1.85 bits per heavy atom. The number of nitrogens with one attached hydrogen (secondary N) is 2. The molecular weight excluding hydrogens is 342 g/mol. The molecule has 1 aliphatic rings. The molecule has 6 nitrogen and oxygen atoms in total. The number of amides is 1. The van der Waals surface area contributed by atoms with Crippen molar-refractivity contribution in [3.8, 4) is 11.5 Å². The van der Waals surface area contributed by atoms with Crippen molar-refractivity contribution in [2.24, 2.45) is 0 Å². The minimum absolute atomic E-state index is 0.200. The van der Waals surface area contributed by atoms with Crippen molar-refractivity contribution >= 4 is 11.6 Å². The molecule has 6 heteroatoms. The number of carbonyl (C=O) groups is 1. The molecule has 0 bridgehead atoms. The van der Waals surface area contributed by atoms with Gasteiger partial charge in [0.1, 0.15) is 5.69 Å². The van der Waals surface area contributed by atoms with E-state index in [1.54, 1.807) is 26.5 Å². The molecule has 1 saturated carbocycles. The zero-order valence-electron chi connectivity index (χ0n) is 16.0. The van der Waals surface area contributed by atoms with Gasteiger partial charge in [-0.25, -0.2) is 4.98 Å². The summed E-state index contributed by atoms with van der Waals surface area (Å²) in [6.07, 6.45) is 8.03. The summed E-state index contributed by atoms with van der Waals surface area (Å²) in [6.45, 7) is 0.392. The molecule has 27 heavy (non-hydrogen) atoms. The van der Waals surface area contributed by atoms with Crippen LogP contribution in [0.15, 0.2) is 36.5 Å². The number of hydrogen-bond donors (Lipinski definition) is 2. The highest BCUT2D eigenvalue weighted by Crippen LogP contribution is 2.27. The first-order valence-electron chi connectivity index (χ1n) is 9.41. The molecule has 144 valence electrons. The summed E-state index contributed by atoms with van der Waals surface area (Å²) in [5, 5.41) is 6.40. The van der Waals surface area contributed by atoms with E-state index in [4.69, 9.17) is 9.47 Å². The van der Waals surface area contributed by atoms with Crippen LogP contribution in [0.4, 0.5) is 5.69 Å². The fourth-order valence-electron chi connectivity index (χ4n) is 3.36. The lowest BCUT2D eigenvalue weighted by atomic mass is 9.95. The lowest BCUT2D eigenvalue weighted by Crippen LogP contribution is -2.24. The van der Waals surface area contributed by atoms with Crippen LogP contribution in [0.5, 0.6) is 11.5 Å². The average Bonchev–Trinajstić information content (AvgIpc) is 2.73. The van der Waals surface area contributed by atoms with Gasteiger partial charge in [0.05, 0.1) is 26.1 Å². The molecule has 2 aromatic rings. The van der Waals surface area contributed by atoms with E-state index in [0.717, 1.165) is 11.3 Å². The molecule has 1 amide bonds. The van der Waals surface area contributed by atoms with Gasteiger partial charge in [0.25, 0.3) is 5.91 Å². The van der Waals surface area contributed by atoms with E-state index in [1.807, 2.05) is 24.3 Å². The number of hydrogen-bond acceptors (Lipinski definition) is 5. The fourth-order valence-corrected chi connectivity index (χ4v) is 3.36. The molecule has 0 aliphatic heterocycles. The number of rotatable bonds is 7. The third-order valence-corrected chi connectivity index (χ3v) is 4.87. The van der Waals surface area contributed by atoms with E-state index in [1.165, 1.54) is 32.1 Å². The highest BCUT2D eigenvalue weighted by atomic mass is 16.5. The van der Waals surface area contributed by atoms with Crippen LogP contribution in [-0.4, -0.2) is 31.2 Å². The number of aromatic nitrogens is 1. The van der Waals surface area contributed by atoms with Crippen LogP contribution < -0.4 is 20.1 Å². The standard InChI is InChI=1S/C21H27N3O3/c1-26-19-11-8-15(12-20(19)27-2)13-23-21(25)18-10-9-17(14-22-18)24-16-6-4-3-5-7-16/h8-12,14,16,24H,3-7,13H2,1-2H3,(H,23,25). The Bertz CT molecular complexity index is 756. The maximum Gasteiger partial charge on any atom is 0.270 e. The first kappa shape index (κ1) is 19.0. The summed E-state index contributed by atoms with van der Waals surface area (Å²) in [6, 6.07) is 9.77. The molecule has 0 saturated heterocycles. The number of nitrogens with zero attached hydrogens (tertiary/aromatic N) is 1. The summed E-state index contributed by atoms with van der Waals surface area (Å²) in [7, 11) is 3.19. The topological polar surface area (TPSA) is 72.5 Å². The van der Waals surface area contributed by atoms with E-state index in [2.05, 4.69) is 15.6 Å². The van der Waals surface area contributed by atoms with Gasteiger partial charge in [0, 0.05) is 12.6 Å². The highest BCUT2D eigenvalue weighted by Gasteiger charge is 2.14. The second-order valence-electron chi connectivity index (χ2n) is 6.78. The van der Waals surface area contributed by atoms with E-state index in [-0.39, 0.29) is 5.91 Å². The Hall–Kier alpha value is -2.76. The summed E-state index contributed by atoms with van der Waals surface area (Å²) < 4.78 is 10.5. The van der Waals surface area contributed by atoms with Crippen LogP contribution in [0, 0.1) is 0 Å². The van der Waals surface area contributed by atoms with Crippen molar-refractivity contribution in [2.45, 2.75) is 44.7 Å². The first-order valence-corrected chi connectivity index (χ1v) is 9.41. The molecule has 2 N–H and O–H groups in total. The van der Waals surface area contributed by atoms with Gasteiger partial charge in [0.2, 0.25) is 0 Å². The molecule has 1 aromatic carbocycles. The number of carbonyl (C=O) groups excluding carboxylic acids is 1. The van der Waals surface area contributed by atoms with Crippen LogP contribution in [0.1, 0.15) is 48.2 Å². The Kier molecular flexibility index (Phi) is 6.52. The van der Waals surface area contributed by atoms with Gasteiger partial charge in [-0.1, -0.05) is 25.3 Å². The van der Waals surface area contributed by atoms with E-state index in [9.17, 15) is 4.79 Å². The Balaban J connectivity index is 1.54. The Morgan fingerprint density at radius 1 is 1.07 bits per heavy atom. The van der Waals surface area contributed by atoms with Crippen molar-refractivity contribution in [3.63, 3.8) is 0 Å². The van der Waals surface area contributed by atoms with Crippen molar-refractivity contribution in [3.05, 3.63) is 47.8 Å². The predicted octanol–water partition coefficient (Wildman–Crippen LogP) is 3.77. The van der Waals surface area contributed by atoms with Gasteiger partial charge >= 0.3 is 0 Å². The number of anilines is 1. The van der Waals surface area contributed by atoms with Crippen LogP contribution in [0.2, 0.25) is 0 Å². The molecule has 0 atom stereocenters. The van der Waals surface area contributed by atoms with Gasteiger partial charge in [-0.2, -0.15) is 0 Å². The van der Waals surface area contributed by atoms with Gasteiger partial charge in [-0.3, -0.25) is 4.79 Å². The normalized spacial score (nSPS) is 14.4. The molecule has 1 fully saturated rings. The average molecular weight is 369 g/mol. The number of methoxy groups -OCH3 is 2. The maximum absolute atomic E-state index is 12.3. The molecule has 0 unspecified atom stereocenters. The van der Waals surface area contributed by atoms with Crippen molar-refractivity contribution in [1.29, 1.82) is 0 Å². The number of pyridine rings is 1. The molecule has 1 heterocycles.